The summed E-state index contributed by atoms with van der Waals surface area (Å²) in [5.41, 5.74) is 15.4. The van der Waals surface area contributed by atoms with Crippen LogP contribution in [0.15, 0.2) is 0 Å². The molecule has 2 aromatic heterocycles. The van der Waals surface area contributed by atoms with Gasteiger partial charge in [0.2, 0.25) is 0 Å². The van der Waals surface area contributed by atoms with Crippen molar-refractivity contribution in [2.45, 2.75) is 52.7 Å². The summed E-state index contributed by atoms with van der Waals surface area (Å²) in [6.45, 7) is 5.95. The first-order chi connectivity index (χ1) is 10.6. The molecule has 1 saturated carbocycles. The van der Waals surface area contributed by atoms with E-state index in [-0.39, 0.29) is 0 Å². The third kappa shape index (κ3) is 2.63. The number of fused-ring (bicyclic) bond motifs is 1. The molecule has 0 bridgehead atoms. The van der Waals surface area contributed by atoms with E-state index in [1.807, 2.05) is 13.8 Å². The van der Waals surface area contributed by atoms with Crippen molar-refractivity contribution in [3.63, 3.8) is 0 Å². The number of hydrogen-bond acceptors (Lipinski definition) is 5. The first kappa shape index (κ1) is 15.1. The Bertz CT molecular complexity index is 673. The quantitative estimate of drug-likeness (QED) is 0.886. The Labute approximate surface area is 130 Å². The monoisotopic (exact) mass is 303 g/mol. The van der Waals surface area contributed by atoms with E-state index in [0.29, 0.717) is 36.2 Å². The third-order valence-electron chi connectivity index (χ3n) is 4.57. The fourth-order valence-electron chi connectivity index (χ4n) is 3.37. The normalized spacial score (nSPS) is 15.9. The van der Waals surface area contributed by atoms with Crippen molar-refractivity contribution in [3.05, 3.63) is 11.5 Å². The summed E-state index contributed by atoms with van der Waals surface area (Å²) in [5, 5.41) is 0. The van der Waals surface area contributed by atoms with E-state index < -0.39 is 0 Å². The molecular weight excluding hydrogens is 278 g/mol. The highest BCUT2D eigenvalue weighted by molar-refractivity contribution is 5.95. The molecule has 0 atom stereocenters. The van der Waals surface area contributed by atoms with E-state index in [1.54, 1.807) is 0 Å². The molecule has 4 N–H and O–H groups in total. The van der Waals surface area contributed by atoms with Crippen LogP contribution in [-0.2, 0) is 17.9 Å². The van der Waals surface area contributed by atoms with Crippen LogP contribution in [0.5, 0.6) is 0 Å². The van der Waals surface area contributed by atoms with E-state index in [1.165, 1.54) is 25.7 Å². The van der Waals surface area contributed by atoms with Crippen LogP contribution in [0.1, 0.15) is 44.1 Å². The molecule has 0 spiro atoms. The van der Waals surface area contributed by atoms with Gasteiger partial charge in [-0.25, -0.2) is 9.97 Å². The molecule has 3 rings (SSSR count). The number of rotatable bonds is 5. The first-order valence-electron chi connectivity index (χ1n) is 8.10. The number of nitrogens with two attached hydrogens (primary N) is 2. The van der Waals surface area contributed by atoms with Crippen LogP contribution >= 0.6 is 0 Å². The molecule has 2 heterocycles. The molecular formula is C16H25N5O. The number of anilines is 2. The SMILES string of the molecule is CCOCc1nc2c(N)nc(C)c(N)c2n1CC1CCCC1. The van der Waals surface area contributed by atoms with Crippen LogP contribution in [0.2, 0.25) is 0 Å². The topological polar surface area (TPSA) is 92.0 Å². The summed E-state index contributed by atoms with van der Waals surface area (Å²) < 4.78 is 7.79. The summed E-state index contributed by atoms with van der Waals surface area (Å²) in [5.74, 6) is 2.03. The Morgan fingerprint density at radius 2 is 1.95 bits per heavy atom. The maximum atomic E-state index is 6.28. The van der Waals surface area contributed by atoms with Crippen LogP contribution in [0.4, 0.5) is 11.5 Å². The minimum atomic E-state index is 0.449. The predicted molar refractivity (Wildman–Crippen MR) is 88.4 cm³/mol. The van der Waals surface area contributed by atoms with Gasteiger partial charge in [-0.2, -0.15) is 0 Å². The highest BCUT2D eigenvalue weighted by atomic mass is 16.5. The zero-order valence-electron chi connectivity index (χ0n) is 13.4. The molecule has 0 amide bonds. The number of ether oxygens (including phenoxy) is 1. The zero-order valence-corrected chi connectivity index (χ0v) is 13.4. The molecule has 1 fully saturated rings. The lowest BCUT2D eigenvalue weighted by Gasteiger charge is -2.15. The van der Waals surface area contributed by atoms with Crippen molar-refractivity contribution in [2.24, 2.45) is 5.92 Å². The number of nitrogen functional groups attached to an aromatic ring is 2. The molecule has 0 radical (unpaired) electrons. The van der Waals surface area contributed by atoms with E-state index in [4.69, 9.17) is 16.2 Å². The van der Waals surface area contributed by atoms with Crippen LogP contribution in [-0.4, -0.2) is 21.1 Å². The fraction of sp³-hybridized carbons (Fsp3) is 0.625. The second-order valence-corrected chi connectivity index (χ2v) is 6.12. The Kier molecular flexibility index (Phi) is 4.20. The minimum absolute atomic E-state index is 0.449. The van der Waals surface area contributed by atoms with E-state index in [0.717, 1.165) is 23.6 Å². The van der Waals surface area contributed by atoms with Gasteiger partial charge in [0, 0.05) is 13.2 Å². The highest BCUT2D eigenvalue weighted by Gasteiger charge is 2.22. The summed E-state index contributed by atoms with van der Waals surface area (Å²) in [6.07, 6.45) is 5.17. The van der Waals surface area contributed by atoms with Gasteiger partial charge in [-0.1, -0.05) is 12.8 Å². The van der Waals surface area contributed by atoms with E-state index in [2.05, 4.69) is 14.5 Å². The van der Waals surface area contributed by atoms with Crippen LogP contribution in [0, 0.1) is 12.8 Å². The second-order valence-electron chi connectivity index (χ2n) is 6.12. The van der Waals surface area contributed by atoms with Gasteiger partial charge >= 0.3 is 0 Å². The largest absolute Gasteiger partial charge is 0.395 e. The standard InChI is InChI=1S/C16H25N5O/c1-3-22-9-12-20-14-15(13(17)10(2)19-16(14)18)21(12)8-11-6-4-5-7-11/h11H,3-9,17H2,1-2H3,(H2,18,19). The molecule has 120 valence electrons. The van der Waals surface area contributed by atoms with Crippen molar-refractivity contribution in [3.8, 4) is 0 Å². The number of aromatic nitrogens is 3. The van der Waals surface area contributed by atoms with Gasteiger partial charge in [0.15, 0.2) is 5.82 Å². The number of aryl methyl sites for hydroxylation is 1. The Balaban J connectivity index is 2.10. The highest BCUT2D eigenvalue weighted by Crippen LogP contribution is 2.32. The number of pyridine rings is 1. The number of hydrogen-bond donors (Lipinski definition) is 2. The van der Waals surface area contributed by atoms with Gasteiger partial charge in [-0.15, -0.1) is 0 Å². The third-order valence-corrected chi connectivity index (χ3v) is 4.57. The summed E-state index contributed by atoms with van der Waals surface area (Å²) in [6, 6.07) is 0. The molecule has 0 aromatic carbocycles. The van der Waals surface area contributed by atoms with Crippen molar-refractivity contribution in [1.29, 1.82) is 0 Å². The van der Waals surface area contributed by atoms with Gasteiger partial charge in [0.05, 0.1) is 16.9 Å². The Hall–Kier alpha value is -1.82. The van der Waals surface area contributed by atoms with Gasteiger partial charge in [0.25, 0.3) is 0 Å². The Morgan fingerprint density at radius 1 is 1.23 bits per heavy atom. The number of imidazole rings is 1. The average Bonchev–Trinajstić information content (AvgIpc) is 3.12. The molecule has 2 aromatic rings. The lowest BCUT2D eigenvalue weighted by molar-refractivity contribution is 0.125. The molecule has 6 heteroatoms. The smallest absolute Gasteiger partial charge is 0.152 e. The van der Waals surface area contributed by atoms with Crippen LogP contribution in [0.25, 0.3) is 11.0 Å². The molecule has 0 unspecified atom stereocenters. The molecule has 1 aliphatic carbocycles. The van der Waals surface area contributed by atoms with Crippen molar-refractivity contribution >= 4 is 22.5 Å². The first-order valence-corrected chi connectivity index (χ1v) is 8.10. The van der Waals surface area contributed by atoms with Crippen molar-refractivity contribution < 1.29 is 4.74 Å². The van der Waals surface area contributed by atoms with E-state index >= 15 is 0 Å². The molecule has 6 nitrogen and oxygen atoms in total. The minimum Gasteiger partial charge on any atom is -0.395 e. The van der Waals surface area contributed by atoms with Crippen molar-refractivity contribution in [2.75, 3.05) is 18.1 Å². The Morgan fingerprint density at radius 3 is 2.64 bits per heavy atom. The molecule has 0 saturated heterocycles. The van der Waals surface area contributed by atoms with Crippen molar-refractivity contribution in [1.82, 2.24) is 14.5 Å². The van der Waals surface area contributed by atoms with Crippen LogP contribution < -0.4 is 11.5 Å². The van der Waals surface area contributed by atoms with E-state index in [9.17, 15) is 0 Å². The van der Waals surface area contributed by atoms with Gasteiger partial charge < -0.3 is 20.8 Å². The second kappa shape index (κ2) is 6.12. The molecule has 1 aliphatic rings. The van der Waals surface area contributed by atoms with Gasteiger partial charge in [0.1, 0.15) is 17.9 Å². The maximum absolute atomic E-state index is 6.28. The molecule has 22 heavy (non-hydrogen) atoms. The zero-order chi connectivity index (χ0) is 15.7. The fourth-order valence-corrected chi connectivity index (χ4v) is 3.37. The maximum Gasteiger partial charge on any atom is 0.152 e. The summed E-state index contributed by atoms with van der Waals surface area (Å²) in [4.78, 5) is 8.97. The average molecular weight is 303 g/mol. The summed E-state index contributed by atoms with van der Waals surface area (Å²) in [7, 11) is 0. The van der Waals surface area contributed by atoms with Gasteiger partial charge in [-0.3, -0.25) is 0 Å². The predicted octanol–water partition coefficient (Wildman–Crippen LogP) is 2.63. The van der Waals surface area contributed by atoms with Crippen LogP contribution in [0.3, 0.4) is 0 Å². The molecule has 0 aliphatic heterocycles. The summed E-state index contributed by atoms with van der Waals surface area (Å²) >= 11 is 0. The lowest BCUT2D eigenvalue weighted by Crippen LogP contribution is -2.13. The lowest BCUT2D eigenvalue weighted by atomic mass is 10.1. The number of nitrogens with zero attached hydrogens (tertiary/aromatic N) is 3. The van der Waals surface area contributed by atoms with Gasteiger partial charge in [-0.05, 0) is 32.6 Å².